The number of carbonyl (C=O) groups excluding carboxylic acids is 2. The number of fused-ring (bicyclic) bond motifs is 1. The summed E-state index contributed by atoms with van der Waals surface area (Å²) < 4.78 is 10.4. The molecule has 0 aromatic heterocycles. The van der Waals surface area contributed by atoms with Crippen LogP contribution in [-0.4, -0.2) is 54.7 Å². The summed E-state index contributed by atoms with van der Waals surface area (Å²) >= 11 is 0. The van der Waals surface area contributed by atoms with Crippen LogP contribution in [0.4, 0.5) is 0 Å². The molecule has 0 saturated heterocycles. The van der Waals surface area contributed by atoms with E-state index in [9.17, 15) is 14.4 Å². The number of likely N-dealkylation sites (N-methyl/N-ethyl adjacent to an activating group) is 1. The topological polar surface area (TPSA) is 105 Å². The Bertz CT molecular complexity index is 616. The Kier molecular flexibility index (Phi) is 5.40. The highest BCUT2D eigenvalue weighted by molar-refractivity contribution is 5.97. The molecule has 0 saturated carbocycles. The number of aliphatic carboxylic acids is 1. The van der Waals surface area contributed by atoms with Crippen molar-refractivity contribution in [1.82, 2.24) is 10.2 Å². The number of ether oxygens (including phenoxy) is 2. The average Bonchev–Trinajstić information content (AvgIpc) is 2.99. The Morgan fingerprint density at radius 3 is 2.74 bits per heavy atom. The summed E-state index contributed by atoms with van der Waals surface area (Å²) in [5, 5.41) is 11.1. The van der Waals surface area contributed by atoms with Crippen molar-refractivity contribution < 1.29 is 29.0 Å². The molecule has 1 aliphatic heterocycles. The summed E-state index contributed by atoms with van der Waals surface area (Å²) in [5.74, 6) is -0.507. The van der Waals surface area contributed by atoms with Crippen LogP contribution < -0.4 is 14.8 Å². The van der Waals surface area contributed by atoms with Crippen molar-refractivity contribution in [2.45, 2.75) is 12.8 Å². The number of nitrogens with one attached hydrogen (secondary N) is 1. The number of hydrogen-bond acceptors (Lipinski definition) is 5. The minimum atomic E-state index is -0.901. The second-order valence-electron chi connectivity index (χ2n) is 5.06. The summed E-state index contributed by atoms with van der Waals surface area (Å²) in [6.45, 7) is 0.294. The van der Waals surface area contributed by atoms with Crippen molar-refractivity contribution in [3.05, 3.63) is 23.8 Å². The van der Waals surface area contributed by atoms with Crippen LogP contribution in [0.2, 0.25) is 0 Å². The van der Waals surface area contributed by atoms with Gasteiger partial charge in [0, 0.05) is 25.6 Å². The van der Waals surface area contributed by atoms with Crippen molar-refractivity contribution in [2.24, 2.45) is 0 Å². The molecule has 124 valence electrons. The highest BCUT2D eigenvalue weighted by Gasteiger charge is 2.17. The van der Waals surface area contributed by atoms with Crippen molar-refractivity contribution in [3.63, 3.8) is 0 Å². The normalized spacial score (nSPS) is 11.9. The number of carboxylic acids is 1. The highest BCUT2D eigenvalue weighted by atomic mass is 16.7. The van der Waals surface area contributed by atoms with Crippen molar-refractivity contribution in [1.29, 1.82) is 0 Å². The first kappa shape index (κ1) is 16.6. The third kappa shape index (κ3) is 4.60. The number of carbonyl (C=O) groups is 3. The molecule has 0 aliphatic carbocycles. The molecule has 0 bridgehead atoms. The molecule has 1 aromatic carbocycles. The summed E-state index contributed by atoms with van der Waals surface area (Å²) in [4.78, 5) is 35.7. The molecule has 0 spiro atoms. The monoisotopic (exact) mass is 322 g/mol. The number of rotatable bonds is 7. The van der Waals surface area contributed by atoms with E-state index in [1.165, 1.54) is 4.90 Å². The predicted molar refractivity (Wildman–Crippen MR) is 79.4 cm³/mol. The van der Waals surface area contributed by atoms with Gasteiger partial charge in [-0.05, 0) is 24.6 Å². The maximum atomic E-state index is 12.0. The van der Waals surface area contributed by atoms with Crippen LogP contribution in [0.3, 0.4) is 0 Å². The summed E-state index contributed by atoms with van der Waals surface area (Å²) in [7, 11) is 1.57. The van der Waals surface area contributed by atoms with Crippen LogP contribution >= 0.6 is 0 Å². The smallest absolute Gasteiger partial charge is 0.303 e. The first-order valence-electron chi connectivity index (χ1n) is 7.11. The zero-order chi connectivity index (χ0) is 16.8. The molecular formula is C15H18N2O6. The zero-order valence-electron chi connectivity index (χ0n) is 12.7. The number of amides is 2. The van der Waals surface area contributed by atoms with E-state index in [1.54, 1.807) is 25.2 Å². The van der Waals surface area contributed by atoms with Crippen molar-refractivity contribution in [2.75, 3.05) is 26.9 Å². The molecule has 8 heteroatoms. The SMILES string of the molecule is CN(CCCC(=O)O)C(=O)CNC(=O)c1ccc2c(c1)OCO2. The average molecular weight is 322 g/mol. The lowest BCUT2D eigenvalue weighted by Crippen LogP contribution is -2.38. The van der Waals surface area contributed by atoms with Gasteiger partial charge in [-0.3, -0.25) is 14.4 Å². The van der Waals surface area contributed by atoms with Crippen molar-refractivity contribution >= 4 is 17.8 Å². The third-order valence-electron chi connectivity index (χ3n) is 3.34. The number of benzene rings is 1. The van der Waals surface area contributed by atoms with Crippen LogP contribution in [0.25, 0.3) is 0 Å². The quantitative estimate of drug-likeness (QED) is 0.756. The number of carboxylic acid groups (broad SMARTS) is 1. The van der Waals surface area contributed by atoms with Gasteiger partial charge in [0.25, 0.3) is 5.91 Å². The Morgan fingerprint density at radius 1 is 1.26 bits per heavy atom. The number of nitrogens with zero attached hydrogens (tertiary/aromatic N) is 1. The fourth-order valence-corrected chi connectivity index (χ4v) is 2.02. The van der Waals surface area contributed by atoms with Gasteiger partial charge < -0.3 is 24.8 Å². The maximum Gasteiger partial charge on any atom is 0.303 e. The largest absolute Gasteiger partial charge is 0.481 e. The second kappa shape index (κ2) is 7.48. The standard InChI is InChI=1S/C15H18N2O6/c1-17(6-2-3-14(19)20)13(18)8-16-15(21)10-4-5-11-12(7-10)23-9-22-11/h4-5,7H,2-3,6,8-9H2,1H3,(H,16,21)(H,19,20). The molecule has 8 nitrogen and oxygen atoms in total. The van der Waals surface area contributed by atoms with Crippen LogP contribution in [0.5, 0.6) is 11.5 Å². The Hall–Kier alpha value is -2.77. The van der Waals surface area contributed by atoms with Gasteiger partial charge in [-0.2, -0.15) is 0 Å². The van der Waals surface area contributed by atoms with E-state index < -0.39 is 11.9 Å². The fourth-order valence-electron chi connectivity index (χ4n) is 2.02. The number of hydrogen-bond donors (Lipinski definition) is 2. The Morgan fingerprint density at radius 2 is 2.00 bits per heavy atom. The van der Waals surface area contributed by atoms with Gasteiger partial charge in [0.05, 0.1) is 6.54 Å². The molecule has 1 heterocycles. The van der Waals surface area contributed by atoms with Gasteiger partial charge >= 0.3 is 5.97 Å². The maximum absolute atomic E-state index is 12.0. The van der Waals surface area contributed by atoms with E-state index in [4.69, 9.17) is 14.6 Å². The van der Waals surface area contributed by atoms with Gasteiger partial charge in [-0.25, -0.2) is 0 Å². The lowest BCUT2D eigenvalue weighted by Gasteiger charge is -2.17. The summed E-state index contributed by atoms with van der Waals surface area (Å²) in [5.41, 5.74) is 0.371. The Labute approximate surface area is 133 Å². The Balaban J connectivity index is 1.79. The molecule has 1 aromatic rings. The van der Waals surface area contributed by atoms with Crippen LogP contribution in [0, 0.1) is 0 Å². The molecule has 2 rings (SSSR count). The minimum absolute atomic E-state index is 0.00117. The molecular weight excluding hydrogens is 304 g/mol. The van der Waals surface area contributed by atoms with E-state index in [2.05, 4.69) is 5.32 Å². The van der Waals surface area contributed by atoms with E-state index in [0.717, 1.165) is 0 Å². The molecule has 0 atom stereocenters. The second-order valence-corrected chi connectivity index (χ2v) is 5.06. The van der Waals surface area contributed by atoms with Gasteiger partial charge in [0.15, 0.2) is 11.5 Å². The zero-order valence-corrected chi connectivity index (χ0v) is 12.7. The van der Waals surface area contributed by atoms with E-state index >= 15 is 0 Å². The molecule has 1 aliphatic rings. The van der Waals surface area contributed by atoms with Gasteiger partial charge in [-0.1, -0.05) is 0 Å². The molecule has 2 amide bonds. The van der Waals surface area contributed by atoms with Crippen LogP contribution in [0.1, 0.15) is 23.2 Å². The van der Waals surface area contributed by atoms with E-state index in [-0.39, 0.29) is 25.7 Å². The predicted octanol–water partition coefficient (Wildman–Crippen LogP) is 0.468. The van der Waals surface area contributed by atoms with E-state index in [1.807, 2.05) is 0 Å². The summed E-state index contributed by atoms with van der Waals surface area (Å²) in [6, 6.07) is 4.78. The molecule has 0 fully saturated rings. The van der Waals surface area contributed by atoms with Crippen LogP contribution in [0.15, 0.2) is 18.2 Å². The first-order chi connectivity index (χ1) is 11.0. The fraction of sp³-hybridized carbons (Fsp3) is 0.400. The van der Waals surface area contributed by atoms with Gasteiger partial charge in [-0.15, -0.1) is 0 Å². The highest BCUT2D eigenvalue weighted by Crippen LogP contribution is 2.32. The summed E-state index contributed by atoms with van der Waals surface area (Å²) in [6.07, 6.45) is 0.370. The van der Waals surface area contributed by atoms with E-state index in [0.29, 0.717) is 30.0 Å². The minimum Gasteiger partial charge on any atom is -0.481 e. The van der Waals surface area contributed by atoms with Crippen LogP contribution in [-0.2, 0) is 9.59 Å². The molecule has 0 radical (unpaired) electrons. The third-order valence-corrected chi connectivity index (χ3v) is 3.34. The lowest BCUT2D eigenvalue weighted by molar-refractivity contribution is -0.137. The first-order valence-corrected chi connectivity index (χ1v) is 7.11. The van der Waals surface area contributed by atoms with Crippen molar-refractivity contribution in [3.8, 4) is 11.5 Å². The molecule has 23 heavy (non-hydrogen) atoms. The van der Waals surface area contributed by atoms with Gasteiger partial charge in [0.1, 0.15) is 0 Å². The molecule has 0 unspecified atom stereocenters. The van der Waals surface area contributed by atoms with Gasteiger partial charge in [0.2, 0.25) is 12.7 Å². The molecule has 2 N–H and O–H groups in total. The lowest BCUT2D eigenvalue weighted by atomic mass is 10.2.